The molecule has 2 aromatic rings. The highest BCUT2D eigenvalue weighted by atomic mass is 18.2. The van der Waals surface area contributed by atoms with E-state index in [1.54, 1.807) is 19.2 Å². The predicted molar refractivity (Wildman–Crippen MR) is 74.3 cm³/mol. The molecule has 2 nitrogen and oxygen atoms in total. The van der Waals surface area contributed by atoms with Gasteiger partial charge in [-0.15, -0.1) is 0 Å². The summed E-state index contributed by atoms with van der Waals surface area (Å²) in [6.45, 7) is 0.241. The molecule has 0 aromatic heterocycles. The van der Waals surface area contributed by atoms with E-state index in [1.165, 1.54) is 12.1 Å². The van der Waals surface area contributed by atoms with Crippen LogP contribution >= 0.6 is 0 Å². The summed E-state index contributed by atoms with van der Waals surface area (Å²) >= 11 is 0. The van der Waals surface area contributed by atoms with Gasteiger partial charge in [0.25, 0.3) is 0 Å². The zero-order chi connectivity index (χ0) is 13.5. The van der Waals surface area contributed by atoms with Crippen molar-refractivity contribution in [3.8, 4) is 5.75 Å². The van der Waals surface area contributed by atoms with Crippen molar-refractivity contribution in [3.05, 3.63) is 65.5 Å². The highest BCUT2D eigenvalue weighted by Crippen LogP contribution is 2.14. The Bertz CT molecular complexity index is 530. The minimum Gasteiger partial charge on any atom is -0.468 e. The molecule has 0 aliphatic carbocycles. The zero-order valence-corrected chi connectivity index (χ0v) is 10.7. The molecule has 0 N–H and O–H groups in total. The second-order valence-electron chi connectivity index (χ2n) is 4.00. The molecule has 0 unspecified atom stereocenters. The van der Waals surface area contributed by atoms with Gasteiger partial charge in [-0.25, -0.2) is 4.39 Å². The van der Waals surface area contributed by atoms with E-state index in [4.69, 9.17) is 9.47 Å². The van der Waals surface area contributed by atoms with Gasteiger partial charge in [0.15, 0.2) is 6.79 Å². The van der Waals surface area contributed by atoms with Crippen LogP contribution in [0.15, 0.2) is 48.5 Å². The van der Waals surface area contributed by atoms with Crippen molar-refractivity contribution >= 4 is 12.2 Å². The Labute approximate surface area is 112 Å². The molecule has 0 aliphatic heterocycles. The summed E-state index contributed by atoms with van der Waals surface area (Å²) < 4.78 is 22.9. The lowest BCUT2D eigenvalue weighted by Gasteiger charge is -2.04. The molecule has 0 amide bonds. The van der Waals surface area contributed by atoms with Crippen LogP contribution in [0.1, 0.15) is 11.1 Å². The van der Waals surface area contributed by atoms with Gasteiger partial charge in [0.2, 0.25) is 0 Å². The maximum atomic E-state index is 12.7. The molecule has 0 atom stereocenters. The van der Waals surface area contributed by atoms with Gasteiger partial charge >= 0.3 is 0 Å². The van der Waals surface area contributed by atoms with Gasteiger partial charge in [0.1, 0.15) is 11.6 Å². The number of halogens is 1. The maximum absolute atomic E-state index is 12.7. The van der Waals surface area contributed by atoms with Crippen molar-refractivity contribution in [2.24, 2.45) is 0 Å². The van der Waals surface area contributed by atoms with Gasteiger partial charge in [0.05, 0.1) is 0 Å². The van der Waals surface area contributed by atoms with E-state index >= 15 is 0 Å². The molecular weight excluding hydrogens is 242 g/mol. The Morgan fingerprint density at radius 2 is 1.42 bits per heavy atom. The van der Waals surface area contributed by atoms with E-state index in [0.29, 0.717) is 0 Å². The minimum absolute atomic E-state index is 0.225. The first-order valence-electron chi connectivity index (χ1n) is 5.93. The molecule has 0 saturated carbocycles. The van der Waals surface area contributed by atoms with E-state index in [0.717, 1.165) is 16.9 Å². The van der Waals surface area contributed by atoms with Crippen LogP contribution in [0.5, 0.6) is 5.75 Å². The third-order valence-electron chi connectivity index (χ3n) is 2.56. The lowest BCUT2D eigenvalue weighted by molar-refractivity contribution is 0.0511. The van der Waals surface area contributed by atoms with E-state index < -0.39 is 0 Å². The summed E-state index contributed by atoms with van der Waals surface area (Å²) in [7, 11) is 1.58. The average molecular weight is 257 g/mol. The van der Waals surface area contributed by atoms with Crippen molar-refractivity contribution in [2.75, 3.05) is 13.9 Å². The highest BCUT2D eigenvalue weighted by molar-refractivity contribution is 5.69. The summed E-state index contributed by atoms with van der Waals surface area (Å²) in [6, 6.07) is 14.0. The number of rotatable bonds is 5. The van der Waals surface area contributed by atoms with Crippen LogP contribution in [0.4, 0.5) is 4.39 Å². The molecule has 19 heavy (non-hydrogen) atoms. The topological polar surface area (TPSA) is 18.5 Å². The molecule has 0 heterocycles. The molecule has 2 rings (SSSR count). The number of ether oxygens (including phenoxy) is 2. The van der Waals surface area contributed by atoms with Crippen LogP contribution in [0, 0.1) is 5.82 Å². The number of methoxy groups -OCH3 is 1. The standard InChI is InChI=1S/C16H15FO2/c1-18-12-19-16-10-6-14(7-11-16)3-2-13-4-8-15(17)9-5-13/h2-11H,12H2,1H3/b3-2+/i17-1. The maximum Gasteiger partial charge on any atom is 0.188 e. The summed E-state index contributed by atoms with van der Waals surface area (Å²) in [5, 5.41) is 0. The third kappa shape index (κ3) is 4.23. The quantitative estimate of drug-likeness (QED) is 0.596. The Morgan fingerprint density at radius 3 is 1.95 bits per heavy atom. The van der Waals surface area contributed by atoms with Gasteiger partial charge in [0, 0.05) is 7.11 Å². The van der Waals surface area contributed by atoms with E-state index in [9.17, 15) is 4.39 Å². The van der Waals surface area contributed by atoms with Crippen molar-refractivity contribution in [1.82, 2.24) is 0 Å². The Kier molecular flexibility index (Phi) is 4.70. The summed E-state index contributed by atoms with van der Waals surface area (Å²) in [5.74, 6) is 0.539. The van der Waals surface area contributed by atoms with Crippen molar-refractivity contribution < 1.29 is 13.9 Å². The van der Waals surface area contributed by atoms with Crippen molar-refractivity contribution in [1.29, 1.82) is 0 Å². The fourth-order valence-corrected chi connectivity index (χ4v) is 1.57. The van der Waals surface area contributed by atoms with Gasteiger partial charge in [-0.05, 0) is 35.4 Å². The van der Waals surface area contributed by atoms with Crippen LogP contribution in [0.3, 0.4) is 0 Å². The smallest absolute Gasteiger partial charge is 0.188 e. The van der Waals surface area contributed by atoms with E-state index in [1.807, 2.05) is 36.4 Å². The fourth-order valence-electron chi connectivity index (χ4n) is 1.57. The molecule has 0 radical (unpaired) electrons. The van der Waals surface area contributed by atoms with Gasteiger partial charge in [-0.2, -0.15) is 0 Å². The van der Waals surface area contributed by atoms with Crippen LogP contribution < -0.4 is 4.74 Å². The SMILES string of the molecule is COCOc1ccc(/C=C/c2ccc([18F])cc2)cc1. The normalized spacial score (nSPS) is 10.8. The van der Waals surface area contributed by atoms with Crippen LogP contribution in [-0.2, 0) is 4.74 Å². The largest absolute Gasteiger partial charge is 0.468 e. The Balaban J connectivity index is 2.00. The molecule has 0 saturated heterocycles. The molecular formula is C16H15FO2. The molecule has 0 aliphatic rings. The van der Waals surface area contributed by atoms with Gasteiger partial charge in [-0.1, -0.05) is 36.4 Å². The molecule has 3 heteroatoms. The summed E-state index contributed by atoms with van der Waals surface area (Å²) in [4.78, 5) is 0. The Hall–Kier alpha value is -2.13. The second-order valence-corrected chi connectivity index (χ2v) is 4.00. The number of hydrogen-bond donors (Lipinski definition) is 0. The first-order chi connectivity index (χ1) is 9.28. The second kappa shape index (κ2) is 6.71. The lowest BCUT2D eigenvalue weighted by Crippen LogP contribution is -1.98. The third-order valence-corrected chi connectivity index (χ3v) is 2.56. The van der Waals surface area contributed by atoms with Gasteiger partial charge < -0.3 is 9.47 Å². The number of benzene rings is 2. The average Bonchev–Trinajstić information content (AvgIpc) is 2.46. The number of hydrogen-bond acceptors (Lipinski definition) is 2. The summed E-state index contributed by atoms with van der Waals surface area (Å²) in [6.07, 6.45) is 3.90. The van der Waals surface area contributed by atoms with Gasteiger partial charge in [-0.3, -0.25) is 0 Å². The molecule has 0 fully saturated rings. The van der Waals surface area contributed by atoms with E-state index in [2.05, 4.69) is 0 Å². The summed E-state index contributed by atoms with van der Waals surface area (Å²) in [5.41, 5.74) is 2.01. The zero-order valence-electron chi connectivity index (χ0n) is 10.7. The Morgan fingerprint density at radius 1 is 0.895 bits per heavy atom. The minimum atomic E-state index is -0.225. The van der Waals surface area contributed by atoms with Crippen LogP contribution in [0.2, 0.25) is 0 Å². The molecule has 0 bridgehead atoms. The predicted octanol–water partition coefficient (Wildman–Crippen LogP) is 3.98. The van der Waals surface area contributed by atoms with Crippen molar-refractivity contribution in [2.45, 2.75) is 0 Å². The molecule has 98 valence electrons. The van der Waals surface area contributed by atoms with Crippen molar-refractivity contribution in [3.63, 3.8) is 0 Å². The van der Waals surface area contributed by atoms with Crippen LogP contribution in [-0.4, -0.2) is 13.9 Å². The molecule has 0 spiro atoms. The van der Waals surface area contributed by atoms with Crippen LogP contribution in [0.25, 0.3) is 12.2 Å². The van der Waals surface area contributed by atoms with E-state index in [-0.39, 0.29) is 12.6 Å². The monoisotopic (exact) mass is 257 g/mol. The lowest BCUT2D eigenvalue weighted by atomic mass is 10.1. The first-order valence-corrected chi connectivity index (χ1v) is 5.93. The highest BCUT2D eigenvalue weighted by Gasteiger charge is 1.93. The fraction of sp³-hybridized carbons (Fsp3) is 0.125. The molecule has 2 aromatic carbocycles. The first kappa shape index (κ1) is 13.3.